The Kier molecular flexibility index (Phi) is 6.60. The Hall–Kier alpha value is -4.29. The molecule has 9 heteroatoms. The molecule has 3 heterocycles. The lowest BCUT2D eigenvalue weighted by Crippen LogP contribution is -2.26. The Bertz CT molecular complexity index is 1430. The number of nitriles is 1. The van der Waals surface area contributed by atoms with E-state index in [-0.39, 0.29) is 0 Å². The van der Waals surface area contributed by atoms with Crippen molar-refractivity contribution in [2.45, 2.75) is 25.3 Å². The third-order valence-corrected chi connectivity index (χ3v) is 6.68. The number of aromatic nitrogens is 3. The maximum Gasteiger partial charge on any atom is 0.227 e. The van der Waals surface area contributed by atoms with Crippen molar-refractivity contribution in [2.24, 2.45) is 0 Å². The summed E-state index contributed by atoms with van der Waals surface area (Å²) in [7, 11) is 3.76. The van der Waals surface area contributed by atoms with Gasteiger partial charge in [-0.25, -0.2) is 9.97 Å². The van der Waals surface area contributed by atoms with Crippen LogP contribution in [-0.2, 0) is 0 Å². The van der Waals surface area contributed by atoms with Gasteiger partial charge >= 0.3 is 0 Å². The van der Waals surface area contributed by atoms with Crippen LogP contribution in [-0.4, -0.2) is 53.2 Å². The van der Waals surface area contributed by atoms with Crippen molar-refractivity contribution in [3.05, 3.63) is 54.4 Å². The normalized spacial score (nSPS) is 15.6. The molecule has 1 aliphatic rings. The Morgan fingerprint density at radius 2 is 2.17 bits per heavy atom. The number of nitrogens with one attached hydrogen (secondary N) is 2. The van der Waals surface area contributed by atoms with Crippen molar-refractivity contribution < 1.29 is 9.47 Å². The van der Waals surface area contributed by atoms with E-state index < -0.39 is 0 Å². The molecule has 0 aliphatic carbocycles. The quantitative estimate of drug-likeness (QED) is 0.308. The number of hydrogen-bond donors (Lipinski definition) is 3. The molecule has 0 spiro atoms. The van der Waals surface area contributed by atoms with Crippen molar-refractivity contribution >= 4 is 28.2 Å². The van der Waals surface area contributed by atoms with E-state index in [4.69, 9.17) is 15.2 Å². The molecule has 2 aromatic heterocycles. The van der Waals surface area contributed by atoms with Gasteiger partial charge in [0.2, 0.25) is 5.95 Å². The number of fused-ring (bicyclic) bond motifs is 1. The third-order valence-electron chi connectivity index (χ3n) is 6.68. The molecule has 0 bridgehead atoms. The average molecular weight is 484 g/mol. The van der Waals surface area contributed by atoms with E-state index >= 15 is 0 Å². The number of hydrogen-bond acceptors (Lipinski definition) is 8. The number of nitrogen functional groups attached to an aromatic ring is 1. The topological polar surface area (TPSA) is 125 Å². The molecular formula is C27H29N7O2. The second-order valence-electron chi connectivity index (χ2n) is 8.98. The van der Waals surface area contributed by atoms with E-state index in [2.05, 4.69) is 38.3 Å². The van der Waals surface area contributed by atoms with Gasteiger partial charge in [-0.2, -0.15) is 5.26 Å². The Morgan fingerprint density at radius 1 is 1.28 bits per heavy atom. The number of likely N-dealkylation sites (tertiary alicyclic amines) is 1. The number of benzene rings is 2. The minimum Gasteiger partial charge on any atom is -0.495 e. The summed E-state index contributed by atoms with van der Waals surface area (Å²) in [5.74, 6) is 1.76. The number of anilines is 3. The van der Waals surface area contributed by atoms with Crippen LogP contribution in [0.3, 0.4) is 0 Å². The van der Waals surface area contributed by atoms with Crippen molar-refractivity contribution in [1.82, 2.24) is 19.9 Å². The van der Waals surface area contributed by atoms with Gasteiger partial charge in [0.25, 0.3) is 0 Å². The van der Waals surface area contributed by atoms with Gasteiger partial charge in [-0.3, -0.25) is 0 Å². The smallest absolute Gasteiger partial charge is 0.227 e. The molecule has 0 amide bonds. The average Bonchev–Trinajstić information content (AvgIpc) is 3.49. The van der Waals surface area contributed by atoms with Crippen LogP contribution in [0.2, 0.25) is 0 Å². The summed E-state index contributed by atoms with van der Waals surface area (Å²) in [4.78, 5) is 14.7. The van der Waals surface area contributed by atoms with Gasteiger partial charge in [0.1, 0.15) is 17.6 Å². The van der Waals surface area contributed by atoms with E-state index in [0.29, 0.717) is 47.0 Å². The SMILES string of the molecule is COc1ccc(N)cc1Nc1ncc(C#N)c(-c2c[nH]c3cc(OCCC4CCCN4C)ccc23)n1. The first-order valence-corrected chi connectivity index (χ1v) is 12.0. The highest BCUT2D eigenvalue weighted by Gasteiger charge is 2.20. The van der Waals surface area contributed by atoms with Gasteiger partial charge in [-0.15, -0.1) is 0 Å². The number of nitrogens with two attached hydrogens (primary N) is 1. The van der Waals surface area contributed by atoms with E-state index in [1.165, 1.54) is 25.6 Å². The second kappa shape index (κ2) is 10.1. The fraction of sp³-hybridized carbons (Fsp3) is 0.296. The first kappa shape index (κ1) is 23.5. The van der Waals surface area contributed by atoms with Crippen LogP contribution in [0.4, 0.5) is 17.3 Å². The highest BCUT2D eigenvalue weighted by Crippen LogP contribution is 2.33. The second-order valence-corrected chi connectivity index (χ2v) is 8.98. The van der Waals surface area contributed by atoms with Crippen LogP contribution in [0.1, 0.15) is 24.8 Å². The Morgan fingerprint density at radius 3 is 2.94 bits per heavy atom. The maximum absolute atomic E-state index is 9.72. The summed E-state index contributed by atoms with van der Waals surface area (Å²) in [6.45, 7) is 1.85. The molecular weight excluding hydrogens is 454 g/mol. The number of aromatic amines is 1. The first-order chi connectivity index (χ1) is 17.6. The highest BCUT2D eigenvalue weighted by molar-refractivity contribution is 5.96. The monoisotopic (exact) mass is 483 g/mol. The number of H-pyrrole nitrogens is 1. The van der Waals surface area contributed by atoms with Crippen molar-refractivity contribution in [1.29, 1.82) is 5.26 Å². The fourth-order valence-electron chi connectivity index (χ4n) is 4.72. The van der Waals surface area contributed by atoms with E-state index in [1.54, 1.807) is 25.3 Å². The van der Waals surface area contributed by atoms with Gasteiger partial charge in [-0.05, 0) is 63.2 Å². The lowest BCUT2D eigenvalue weighted by Gasteiger charge is -2.19. The summed E-state index contributed by atoms with van der Waals surface area (Å²) in [5.41, 5.74) is 9.78. The molecule has 1 fully saturated rings. The summed E-state index contributed by atoms with van der Waals surface area (Å²) in [5, 5.41) is 13.8. The van der Waals surface area contributed by atoms with Crippen molar-refractivity contribution in [2.75, 3.05) is 38.4 Å². The maximum atomic E-state index is 9.72. The summed E-state index contributed by atoms with van der Waals surface area (Å²) in [6.07, 6.45) is 6.89. The van der Waals surface area contributed by atoms with Gasteiger partial charge < -0.3 is 30.4 Å². The first-order valence-electron chi connectivity index (χ1n) is 12.0. The fourth-order valence-corrected chi connectivity index (χ4v) is 4.72. The predicted octanol–water partition coefficient (Wildman–Crippen LogP) is 4.69. The highest BCUT2D eigenvalue weighted by atomic mass is 16.5. The van der Waals surface area contributed by atoms with Crippen LogP contribution in [0.15, 0.2) is 48.8 Å². The van der Waals surface area contributed by atoms with Crippen LogP contribution in [0.5, 0.6) is 11.5 Å². The zero-order chi connectivity index (χ0) is 25.1. The van der Waals surface area contributed by atoms with Gasteiger partial charge in [0.15, 0.2) is 0 Å². The molecule has 0 saturated carbocycles. The molecule has 36 heavy (non-hydrogen) atoms. The van der Waals surface area contributed by atoms with E-state index in [9.17, 15) is 5.26 Å². The molecule has 9 nitrogen and oxygen atoms in total. The van der Waals surface area contributed by atoms with Gasteiger partial charge in [0, 0.05) is 40.5 Å². The zero-order valence-corrected chi connectivity index (χ0v) is 20.4. The molecule has 5 rings (SSSR count). The molecule has 184 valence electrons. The van der Waals surface area contributed by atoms with E-state index in [0.717, 1.165) is 28.6 Å². The standard InChI is InChI=1S/C27H29N7O2/c1-34-10-3-4-19(34)9-11-36-20-6-7-21-22(16-30-23(21)13-20)26-17(14-28)15-31-27(33-26)32-24-12-18(29)5-8-25(24)35-2/h5-8,12-13,15-16,19,30H,3-4,9-11,29H2,1-2H3,(H,31,32,33). The van der Waals surface area contributed by atoms with Crippen molar-refractivity contribution in [3.8, 4) is 28.8 Å². The minimum absolute atomic E-state index is 0.332. The molecule has 1 aliphatic heterocycles. The summed E-state index contributed by atoms with van der Waals surface area (Å²) < 4.78 is 11.5. The van der Waals surface area contributed by atoms with Crippen molar-refractivity contribution in [3.63, 3.8) is 0 Å². The number of nitrogens with zero attached hydrogens (tertiary/aromatic N) is 4. The number of rotatable bonds is 8. The molecule has 1 atom stereocenters. The van der Waals surface area contributed by atoms with Crippen LogP contribution < -0.4 is 20.5 Å². The largest absolute Gasteiger partial charge is 0.495 e. The lowest BCUT2D eigenvalue weighted by molar-refractivity contribution is 0.233. The molecule has 4 aromatic rings. The molecule has 2 aromatic carbocycles. The molecule has 1 unspecified atom stereocenters. The Balaban J connectivity index is 1.39. The third kappa shape index (κ3) is 4.76. The summed E-state index contributed by atoms with van der Waals surface area (Å²) >= 11 is 0. The molecule has 1 saturated heterocycles. The zero-order valence-electron chi connectivity index (χ0n) is 20.4. The Labute approximate surface area is 209 Å². The summed E-state index contributed by atoms with van der Waals surface area (Å²) in [6, 6.07) is 14.0. The molecule has 4 N–H and O–H groups in total. The predicted molar refractivity (Wildman–Crippen MR) is 140 cm³/mol. The van der Waals surface area contributed by atoms with Crippen LogP contribution in [0.25, 0.3) is 22.2 Å². The lowest BCUT2D eigenvalue weighted by atomic mass is 10.1. The van der Waals surface area contributed by atoms with Crippen LogP contribution >= 0.6 is 0 Å². The number of ether oxygens (including phenoxy) is 2. The minimum atomic E-state index is 0.332. The van der Waals surface area contributed by atoms with Crippen LogP contribution in [0, 0.1) is 11.3 Å². The van der Waals surface area contributed by atoms with E-state index in [1.807, 2.05) is 24.4 Å². The number of methoxy groups -OCH3 is 1. The van der Waals surface area contributed by atoms with Gasteiger partial charge in [0.05, 0.1) is 36.9 Å². The van der Waals surface area contributed by atoms with Gasteiger partial charge in [-0.1, -0.05) is 0 Å². The molecule has 0 radical (unpaired) electrons.